The first kappa shape index (κ1) is 20.7. The summed E-state index contributed by atoms with van der Waals surface area (Å²) in [4.78, 5) is 14.9. The molecule has 8 heteroatoms. The third kappa shape index (κ3) is 4.59. The van der Waals surface area contributed by atoms with E-state index in [4.69, 9.17) is 9.47 Å². The minimum atomic E-state index is -0.109. The Bertz CT molecular complexity index is 862. The topological polar surface area (TPSA) is 81.5 Å². The number of likely N-dealkylation sites (tertiary alicyclic amines) is 1. The Morgan fingerprint density at radius 3 is 2.77 bits per heavy atom. The van der Waals surface area contributed by atoms with Crippen LogP contribution in [0.25, 0.3) is 0 Å². The molecule has 0 spiro atoms. The Balaban J connectivity index is 1.40. The molecule has 0 bridgehead atoms. The van der Waals surface area contributed by atoms with Gasteiger partial charge in [-0.15, -0.1) is 5.10 Å². The summed E-state index contributed by atoms with van der Waals surface area (Å²) in [7, 11) is 3.33. The molecule has 4 rings (SSSR count). The number of nitrogens with one attached hydrogen (secondary N) is 1. The molecule has 162 valence electrons. The number of rotatable bonds is 7. The number of methoxy groups -OCH3 is 2. The first-order valence-corrected chi connectivity index (χ1v) is 10.8. The molecule has 2 aliphatic rings. The van der Waals surface area contributed by atoms with Crippen LogP contribution in [0, 0.1) is 0 Å². The van der Waals surface area contributed by atoms with Crippen molar-refractivity contribution < 1.29 is 14.3 Å². The van der Waals surface area contributed by atoms with Gasteiger partial charge in [0.25, 0.3) is 5.91 Å². The predicted molar refractivity (Wildman–Crippen MR) is 113 cm³/mol. The van der Waals surface area contributed by atoms with Gasteiger partial charge in [-0.2, -0.15) is 0 Å². The summed E-state index contributed by atoms with van der Waals surface area (Å²) in [5.41, 5.74) is 1.52. The van der Waals surface area contributed by atoms with Crippen molar-refractivity contribution in [1.82, 2.24) is 25.2 Å². The molecule has 1 saturated heterocycles. The number of para-hydroxylation sites is 1. The van der Waals surface area contributed by atoms with Crippen LogP contribution in [0.4, 0.5) is 0 Å². The lowest BCUT2D eigenvalue weighted by molar-refractivity contribution is 0.0932. The highest BCUT2D eigenvalue weighted by Gasteiger charge is 2.25. The largest absolute Gasteiger partial charge is 0.493 e. The van der Waals surface area contributed by atoms with Crippen molar-refractivity contribution in [3.63, 3.8) is 0 Å². The minimum Gasteiger partial charge on any atom is -0.493 e. The summed E-state index contributed by atoms with van der Waals surface area (Å²) < 4.78 is 12.9. The van der Waals surface area contributed by atoms with Crippen LogP contribution in [0.2, 0.25) is 0 Å². The number of benzene rings is 1. The molecular formula is C22H31N5O3. The summed E-state index contributed by atoms with van der Waals surface area (Å²) in [6.07, 6.45) is 8.39. The van der Waals surface area contributed by atoms with Crippen LogP contribution in [-0.2, 0) is 6.54 Å². The molecular weight excluding hydrogens is 382 g/mol. The van der Waals surface area contributed by atoms with Crippen LogP contribution in [-0.4, -0.2) is 59.2 Å². The van der Waals surface area contributed by atoms with Gasteiger partial charge >= 0.3 is 0 Å². The fourth-order valence-corrected chi connectivity index (χ4v) is 4.60. The Morgan fingerprint density at radius 1 is 1.17 bits per heavy atom. The van der Waals surface area contributed by atoms with E-state index in [-0.39, 0.29) is 18.0 Å². The van der Waals surface area contributed by atoms with E-state index in [1.54, 1.807) is 20.4 Å². The number of hydrogen-bond acceptors (Lipinski definition) is 6. The maximum atomic E-state index is 12.5. The Labute approximate surface area is 177 Å². The van der Waals surface area contributed by atoms with E-state index in [2.05, 4.69) is 26.6 Å². The van der Waals surface area contributed by atoms with Crippen LogP contribution in [0.3, 0.4) is 0 Å². The Hall–Kier alpha value is -2.61. The molecule has 0 radical (unpaired) electrons. The van der Waals surface area contributed by atoms with Crippen LogP contribution in [0.5, 0.6) is 11.5 Å². The number of hydrogen-bond donors (Lipinski definition) is 1. The van der Waals surface area contributed by atoms with E-state index >= 15 is 0 Å². The maximum Gasteiger partial charge on any atom is 0.273 e. The lowest BCUT2D eigenvalue weighted by atomic mass is 10.0. The molecule has 1 aromatic carbocycles. The van der Waals surface area contributed by atoms with E-state index in [9.17, 15) is 4.79 Å². The summed E-state index contributed by atoms with van der Waals surface area (Å²) in [5.74, 6) is 1.42. The summed E-state index contributed by atoms with van der Waals surface area (Å²) >= 11 is 0. The molecule has 2 aromatic rings. The van der Waals surface area contributed by atoms with Gasteiger partial charge in [-0.05, 0) is 38.3 Å². The van der Waals surface area contributed by atoms with Crippen molar-refractivity contribution in [2.45, 2.75) is 57.2 Å². The van der Waals surface area contributed by atoms with Crippen molar-refractivity contribution in [2.24, 2.45) is 0 Å². The van der Waals surface area contributed by atoms with Crippen LogP contribution < -0.4 is 14.8 Å². The highest BCUT2D eigenvalue weighted by molar-refractivity contribution is 5.92. The maximum absolute atomic E-state index is 12.5. The molecule has 1 amide bonds. The number of aromatic nitrogens is 3. The molecule has 1 aliphatic heterocycles. The van der Waals surface area contributed by atoms with Gasteiger partial charge in [-0.3, -0.25) is 9.69 Å². The normalized spacial score (nSPS) is 20.3. The Morgan fingerprint density at radius 2 is 2.00 bits per heavy atom. The third-order valence-electron chi connectivity index (χ3n) is 6.17. The van der Waals surface area contributed by atoms with Crippen molar-refractivity contribution >= 4 is 5.91 Å². The average Bonchev–Trinajstić information content (AvgIpc) is 3.46. The zero-order valence-electron chi connectivity index (χ0n) is 17.8. The first-order valence-electron chi connectivity index (χ1n) is 10.8. The highest BCUT2D eigenvalue weighted by Crippen LogP contribution is 2.32. The molecule has 8 nitrogen and oxygen atoms in total. The van der Waals surface area contributed by atoms with E-state index < -0.39 is 0 Å². The smallest absolute Gasteiger partial charge is 0.273 e. The van der Waals surface area contributed by atoms with Crippen LogP contribution in [0.1, 0.15) is 60.6 Å². The molecule has 1 unspecified atom stereocenters. The van der Waals surface area contributed by atoms with Gasteiger partial charge in [0.1, 0.15) is 0 Å². The second kappa shape index (κ2) is 9.47. The second-order valence-corrected chi connectivity index (χ2v) is 8.22. The fourth-order valence-electron chi connectivity index (χ4n) is 4.60. The van der Waals surface area contributed by atoms with Gasteiger partial charge in [0, 0.05) is 24.7 Å². The number of piperidine rings is 1. The lowest BCUT2D eigenvalue weighted by Crippen LogP contribution is -2.36. The molecule has 30 heavy (non-hydrogen) atoms. The zero-order chi connectivity index (χ0) is 20.9. The SMILES string of the molecule is COc1cccc(CN2CCCC(n3cc(C(=O)NC4CCCC4)nn3)C2)c1OC. The molecule has 1 aromatic heterocycles. The van der Waals surface area contributed by atoms with E-state index in [0.29, 0.717) is 5.69 Å². The molecule has 1 saturated carbocycles. The molecule has 1 atom stereocenters. The Kier molecular flexibility index (Phi) is 6.52. The van der Waals surface area contributed by atoms with Gasteiger partial charge in [0.2, 0.25) is 0 Å². The monoisotopic (exact) mass is 413 g/mol. The number of ether oxygens (including phenoxy) is 2. The first-order chi connectivity index (χ1) is 14.7. The van der Waals surface area contributed by atoms with Crippen molar-refractivity contribution in [3.8, 4) is 11.5 Å². The number of carbonyl (C=O) groups excluding carboxylic acids is 1. The summed E-state index contributed by atoms with van der Waals surface area (Å²) in [5, 5.41) is 11.5. The number of carbonyl (C=O) groups is 1. The van der Waals surface area contributed by atoms with E-state index in [1.807, 2.05) is 16.8 Å². The molecule has 2 heterocycles. The van der Waals surface area contributed by atoms with Crippen LogP contribution >= 0.6 is 0 Å². The fraction of sp³-hybridized carbons (Fsp3) is 0.591. The third-order valence-corrected chi connectivity index (χ3v) is 6.17. The van der Waals surface area contributed by atoms with Crippen molar-refractivity contribution in [2.75, 3.05) is 27.3 Å². The quantitative estimate of drug-likeness (QED) is 0.752. The summed E-state index contributed by atoms with van der Waals surface area (Å²) in [6, 6.07) is 6.47. The van der Waals surface area contributed by atoms with Crippen LogP contribution in [0.15, 0.2) is 24.4 Å². The average molecular weight is 414 g/mol. The minimum absolute atomic E-state index is 0.109. The second-order valence-electron chi connectivity index (χ2n) is 8.22. The zero-order valence-corrected chi connectivity index (χ0v) is 17.8. The van der Waals surface area contributed by atoms with Crippen molar-refractivity contribution in [3.05, 3.63) is 35.7 Å². The number of amides is 1. The highest BCUT2D eigenvalue weighted by atomic mass is 16.5. The van der Waals surface area contributed by atoms with E-state index in [1.165, 1.54) is 12.8 Å². The standard InChI is InChI=1S/C22H31N5O3/c1-29-20-11-5-7-16(21(20)30-2)13-26-12-6-10-18(14-26)27-15-19(24-25-27)22(28)23-17-8-3-4-9-17/h5,7,11,15,17-18H,3-4,6,8-10,12-14H2,1-2H3,(H,23,28). The molecule has 1 N–H and O–H groups in total. The van der Waals surface area contributed by atoms with Gasteiger partial charge in [0.05, 0.1) is 26.5 Å². The molecule has 2 fully saturated rings. The van der Waals surface area contributed by atoms with Gasteiger partial charge in [-0.1, -0.05) is 30.2 Å². The summed E-state index contributed by atoms with van der Waals surface area (Å²) in [6.45, 7) is 2.65. The number of nitrogens with zero attached hydrogens (tertiary/aromatic N) is 4. The van der Waals surface area contributed by atoms with E-state index in [0.717, 1.165) is 62.4 Å². The molecule has 1 aliphatic carbocycles. The van der Waals surface area contributed by atoms with Gasteiger partial charge in [-0.25, -0.2) is 4.68 Å². The van der Waals surface area contributed by atoms with Crippen molar-refractivity contribution in [1.29, 1.82) is 0 Å². The predicted octanol–water partition coefficient (Wildman–Crippen LogP) is 2.80. The lowest BCUT2D eigenvalue weighted by Gasteiger charge is -2.32. The van der Waals surface area contributed by atoms with Gasteiger partial charge in [0.15, 0.2) is 17.2 Å². The van der Waals surface area contributed by atoms with Gasteiger partial charge < -0.3 is 14.8 Å².